The lowest BCUT2D eigenvalue weighted by atomic mass is 9.71. The number of ether oxygens (including phenoxy) is 3. The maximum atomic E-state index is 10.3. The molecule has 0 aromatic carbocycles. The Morgan fingerprint density at radius 2 is 1.90 bits per heavy atom. The first-order valence-corrected chi connectivity index (χ1v) is 11.1. The zero-order valence-corrected chi connectivity index (χ0v) is 19.0. The van der Waals surface area contributed by atoms with Crippen molar-refractivity contribution in [2.24, 2.45) is 5.41 Å². The standard InChI is InChI=1S/C23H40O7/c1-6-7-10-28-15(3)8-9-17-14(2)11-16(12-23(17,4)5)29-22-21(27)20(26)19(25)18(13-24)30-22/h8-9,15-16,18-22,24-27H,6-7,10-13H2,1-5H3/b9-8+/t15-,16+,18+,19+,20-,21+,22+/m0/s1. The second-order valence-electron chi connectivity index (χ2n) is 9.23. The van der Waals surface area contributed by atoms with E-state index in [0.717, 1.165) is 19.4 Å². The average molecular weight is 429 g/mol. The molecule has 0 bridgehead atoms. The lowest BCUT2D eigenvalue weighted by Crippen LogP contribution is -2.59. The van der Waals surface area contributed by atoms with Crippen LogP contribution >= 0.6 is 0 Å². The van der Waals surface area contributed by atoms with E-state index in [2.05, 4.69) is 39.8 Å². The number of aliphatic hydroxyl groups excluding tert-OH is 4. The number of rotatable bonds is 9. The van der Waals surface area contributed by atoms with E-state index in [0.29, 0.717) is 12.8 Å². The second kappa shape index (κ2) is 11.2. The van der Waals surface area contributed by atoms with Crippen molar-refractivity contribution in [2.75, 3.05) is 13.2 Å². The molecule has 7 nitrogen and oxygen atoms in total. The Hall–Kier alpha value is -0.800. The molecule has 2 aliphatic rings. The van der Waals surface area contributed by atoms with Gasteiger partial charge in [-0.25, -0.2) is 0 Å². The molecule has 1 heterocycles. The average Bonchev–Trinajstić information content (AvgIpc) is 2.67. The highest BCUT2D eigenvalue weighted by molar-refractivity contribution is 5.34. The van der Waals surface area contributed by atoms with Gasteiger partial charge in [0.1, 0.15) is 24.4 Å². The number of allylic oxidation sites excluding steroid dienone is 2. The summed E-state index contributed by atoms with van der Waals surface area (Å²) in [5.41, 5.74) is 2.29. The maximum Gasteiger partial charge on any atom is 0.186 e. The fourth-order valence-electron chi connectivity index (χ4n) is 4.31. The van der Waals surface area contributed by atoms with Crippen molar-refractivity contribution in [1.29, 1.82) is 0 Å². The summed E-state index contributed by atoms with van der Waals surface area (Å²) in [6.07, 6.45) is 1.39. The van der Waals surface area contributed by atoms with E-state index in [9.17, 15) is 20.4 Å². The van der Waals surface area contributed by atoms with Crippen molar-refractivity contribution in [1.82, 2.24) is 0 Å². The Labute approximate surface area is 180 Å². The van der Waals surface area contributed by atoms with Gasteiger partial charge >= 0.3 is 0 Å². The van der Waals surface area contributed by atoms with Crippen molar-refractivity contribution < 1.29 is 34.6 Å². The smallest absolute Gasteiger partial charge is 0.186 e. The van der Waals surface area contributed by atoms with Crippen LogP contribution < -0.4 is 0 Å². The largest absolute Gasteiger partial charge is 0.394 e. The molecule has 0 unspecified atom stereocenters. The highest BCUT2D eigenvalue weighted by Crippen LogP contribution is 2.43. The van der Waals surface area contributed by atoms with Gasteiger partial charge in [-0.2, -0.15) is 0 Å². The lowest BCUT2D eigenvalue weighted by Gasteiger charge is -2.43. The number of unbranched alkanes of at least 4 members (excludes halogenated alkanes) is 1. The molecule has 7 heteroatoms. The normalized spacial score (nSPS) is 35.8. The first-order chi connectivity index (χ1) is 14.1. The van der Waals surface area contributed by atoms with E-state index in [-0.39, 0.29) is 17.6 Å². The molecule has 0 aromatic rings. The summed E-state index contributed by atoms with van der Waals surface area (Å²) in [7, 11) is 0. The van der Waals surface area contributed by atoms with E-state index in [1.54, 1.807) is 0 Å². The monoisotopic (exact) mass is 428 g/mol. The van der Waals surface area contributed by atoms with E-state index in [1.165, 1.54) is 11.1 Å². The third-order valence-corrected chi connectivity index (χ3v) is 6.05. The molecule has 1 aliphatic heterocycles. The Bertz CT molecular complexity index is 598. The van der Waals surface area contributed by atoms with Gasteiger partial charge in [0.05, 0.1) is 18.8 Å². The van der Waals surface area contributed by atoms with Crippen LogP contribution in [-0.4, -0.2) is 76.6 Å². The van der Waals surface area contributed by atoms with Gasteiger partial charge in [-0.05, 0) is 44.1 Å². The van der Waals surface area contributed by atoms with Crippen LogP contribution in [0.5, 0.6) is 0 Å². The van der Waals surface area contributed by atoms with Crippen LogP contribution in [-0.2, 0) is 14.2 Å². The third kappa shape index (κ3) is 6.36. The van der Waals surface area contributed by atoms with Crippen molar-refractivity contribution in [3.63, 3.8) is 0 Å². The van der Waals surface area contributed by atoms with E-state index >= 15 is 0 Å². The minimum atomic E-state index is -1.43. The number of aliphatic hydroxyl groups is 4. The minimum absolute atomic E-state index is 0.0516. The van der Waals surface area contributed by atoms with Crippen LogP contribution in [0.3, 0.4) is 0 Å². The topological polar surface area (TPSA) is 109 Å². The van der Waals surface area contributed by atoms with E-state index < -0.39 is 37.3 Å². The zero-order chi connectivity index (χ0) is 22.5. The molecule has 7 atom stereocenters. The predicted octanol–water partition coefficient (Wildman–Crippen LogP) is 2.07. The lowest BCUT2D eigenvalue weighted by molar-refractivity contribution is -0.313. The van der Waals surface area contributed by atoms with Crippen molar-refractivity contribution in [2.45, 2.75) is 103 Å². The van der Waals surface area contributed by atoms with Gasteiger partial charge in [0.25, 0.3) is 0 Å². The van der Waals surface area contributed by atoms with Gasteiger partial charge in [0, 0.05) is 6.61 Å². The molecular formula is C23H40O7. The molecule has 0 aromatic heterocycles. The molecule has 1 fully saturated rings. The van der Waals surface area contributed by atoms with Crippen LogP contribution in [0.4, 0.5) is 0 Å². The van der Waals surface area contributed by atoms with Crippen LogP contribution in [0.25, 0.3) is 0 Å². The Kier molecular flexibility index (Phi) is 9.49. The van der Waals surface area contributed by atoms with Gasteiger partial charge in [0.15, 0.2) is 6.29 Å². The maximum absolute atomic E-state index is 10.3. The van der Waals surface area contributed by atoms with E-state index in [1.807, 2.05) is 6.92 Å². The fraction of sp³-hybridized carbons (Fsp3) is 0.826. The Morgan fingerprint density at radius 1 is 1.20 bits per heavy atom. The number of hydrogen-bond donors (Lipinski definition) is 4. The van der Waals surface area contributed by atoms with Crippen molar-refractivity contribution >= 4 is 0 Å². The molecule has 0 spiro atoms. The highest BCUT2D eigenvalue weighted by Gasteiger charge is 2.45. The van der Waals surface area contributed by atoms with Crippen molar-refractivity contribution in [3.05, 3.63) is 23.3 Å². The molecule has 1 aliphatic carbocycles. The molecule has 0 radical (unpaired) electrons. The quantitative estimate of drug-likeness (QED) is 0.416. The van der Waals surface area contributed by atoms with Gasteiger partial charge in [-0.1, -0.05) is 44.9 Å². The SMILES string of the molecule is CCCCO[C@@H](C)/C=C/C1=C(C)C[C@@H](O[C@@H]2O[C@H](CO)[C@@H](O)[C@H](O)[C@H]2O)CC1(C)C. The summed E-state index contributed by atoms with van der Waals surface area (Å²) in [5.74, 6) is 0. The molecule has 4 N–H and O–H groups in total. The summed E-state index contributed by atoms with van der Waals surface area (Å²) in [4.78, 5) is 0. The fourth-order valence-corrected chi connectivity index (χ4v) is 4.31. The first-order valence-electron chi connectivity index (χ1n) is 11.1. The van der Waals surface area contributed by atoms with E-state index in [4.69, 9.17) is 14.2 Å². The first kappa shape index (κ1) is 25.5. The summed E-state index contributed by atoms with van der Waals surface area (Å²) >= 11 is 0. The molecule has 174 valence electrons. The molecule has 30 heavy (non-hydrogen) atoms. The molecule has 0 saturated carbocycles. The third-order valence-electron chi connectivity index (χ3n) is 6.05. The van der Waals surface area contributed by atoms with Crippen LogP contribution in [0.1, 0.15) is 60.3 Å². The van der Waals surface area contributed by atoms with Crippen molar-refractivity contribution in [3.8, 4) is 0 Å². The van der Waals surface area contributed by atoms with Gasteiger partial charge in [-0.15, -0.1) is 0 Å². The summed E-state index contributed by atoms with van der Waals surface area (Å²) in [6.45, 7) is 10.9. The zero-order valence-electron chi connectivity index (χ0n) is 19.0. The van der Waals surface area contributed by atoms with Crippen LogP contribution in [0, 0.1) is 5.41 Å². The Morgan fingerprint density at radius 3 is 2.50 bits per heavy atom. The van der Waals surface area contributed by atoms with Crippen LogP contribution in [0.2, 0.25) is 0 Å². The highest BCUT2D eigenvalue weighted by atomic mass is 16.7. The summed E-state index contributed by atoms with van der Waals surface area (Å²) in [5, 5.41) is 39.5. The predicted molar refractivity (Wildman–Crippen MR) is 114 cm³/mol. The minimum Gasteiger partial charge on any atom is -0.394 e. The summed E-state index contributed by atoms with van der Waals surface area (Å²) < 4.78 is 17.3. The van der Waals surface area contributed by atoms with Gasteiger partial charge in [0.2, 0.25) is 0 Å². The molecular weight excluding hydrogens is 388 g/mol. The van der Waals surface area contributed by atoms with Gasteiger partial charge in [-0.3, -0.25) is 0 Å². The summed E-state index contributed by atoms with van der Waals surface area (Å²) in [6, 6.07) is 0. The molecule has 0 amide bonds. The van der Waals surface area contributed by atoms with Crippen LogP contribution in [0.15, 0.2) is 23.3 Å². The number of hydrogen-bond acceptors (Lipinski definition) is 7. The molecule has 2 rings (SSSR count). The second-order valence-corrected chi connectivity index (χ2v) is 9.23. The molecule has 1 saturated heterocycles. The Balaban J connectivity index is 2.04. The van der Waals surface area contributed by atoms with Gasteiger partial charge < -0.3 is 34.6 Å².